The monoisotopic (exact) mass is 443 g/mol. The normalized spacial score (nSPS) is 13.6. The molecule has 0 saturated carbocycles. The van der Waals surface area contributed by atoms with Gasteiger partial charge in [0.25, 0.3) is 5.91 Å². The SMILES string of the molecule is Cc1ccccc1C(=O)N1CCN(c2ccc(NC(=O)COCc3ccccc3)cc2)CC1. The summed E-state index contributed by atoms with van der Waals surface area (Å²) in [6, 6.07) is 25.3. The van der Waals surface area contributed by atoms with Gasteiger partial charge in [0.05, 0.1) is 6.61 Å². The minimum absolute atomic E-state index is 0.00746. The van der Waals surface area contributed by atoms with Crippen LogP contribution in [-0.4, -0.2) is 49.5 Å². The first kappa shape index (κ1) is 22.6. The Hall–Kier alpha value is -3.64. The van der Waals surface area contributed by atoms with Gasteiger partial charge >= 0.3 is 0 Å². The Bertz CT molecular complexity index is 1080. The maximum Gasteiger partial charge on any atom is 0.254 e. The predicted molar refractivity (Wildman–Crippen MR) is 130 cm³/mol. The molecule has 0 radical (unpaired) electrons. The number of hydrogen-bond donors (Lipinski definition) is 1. The molecule has 1 saturated heterocycles. The summed E-state index contributed by atoms with van der Waals surface area (Å²) in [7, 11) is 0. The van der Waals surface area contributed by atoms with E-state index in [2.05, 4.69) is 10.2 Å². The van der Waals surface area contributed by atoms with E-state index in [-0.39, 0.29) is 18.4 Å². The smallest absolute Gasteiger partial charge is 0.254 e. The molecule has 4 rings (SSSR count). The fourth-order valence-corrected chi connectivity index (χ4v) is 3.94. The van der Waals surface area contributed by atoms with Crippen molar-refractivity contribution in [3.05, 3.63) is 95.6 Å². The molecule has 0 unspecified atom stereocenters. The summed E-state index contributed by atoms with van der Waals surface area (Å²) < 4.78 is 5.49. The maximum atomic E-state index is 12.8. The van der Waals surface area contributed by atoms with Crippen LogP contribution < -0.4 is 10.2 Å². The molecule has 3 aromatic carbocycles. The number of carbonyl (C=O) groups is 2. The standard InChI is InChI=1S/C27H29N3O3/c1-21-7-5-6-10-25(21)27(32)30-17-15-29(16-18-30)24-13-11-23(12-14-24)28-26(31)20-33-19-22-8-3-2-4-9-22/h2-14H,15-20H2,1H3,(H,28,31). The Labute approximate surface area is 194 Å². The predicted octanol–water partition coefficient (Wildman–Crippen LogP) is 4.11. The molecule has 1 aliphatic heterocycles. The summed E-state index contributed by atoms with van der Waals surface area (Å²) >= 11 is 0. The van der Waals surface area contributed by atoms with Crippen molar-refractivity contribution < 1.29 is 14.3 Å². The van der Waals surface area contributed by atoms with Crippen LogP contribution >= 0.6 is 0 Å². The van der Waals surface area contributed by atoms with E-state index in [1.165, 1.54) is 0 Å². The van der Waals surface area contributed by atoms with Crippen molar-refractivity contribution in [3.8, 4) is 0 Å². The molecule has 1 N–H and O–H groups in total. The zero-order valence-corrected chi connectivity index (χ0v) is 18.9. The third-order valence-corrected chi connectivity index (χ3v) is 5.80. The zero-order valence-electron chi connectivity index (χ0n) is 18.9. The maximum absolute atomic E-state index is 12.8. The average molecular weight is 444 g/mol. The molecular formula is C27H29N3O3. The summed E-state index contributed by atoms with van der Waals surface area (Å²) in [6.07, 6.45) is 0. The highest BCUT2D eigenvalue weighted by Crippen LogP contribution is 2.21. The van der Waals surface area contributed by atoms with Crippen LogP contribution in [0, 0.1) is 6.92 Å². The lowest BCUT2D eigenvalue weighted by Crippen LogP contribution is -2.48. The van der Waals surface area contributed by atoms with Crippen molar-refractivity contribution in [2.45, 2.75) is 13.5 Å². The van der Waals surface area contributed by atoms with Crippen molar-refractivity contribution in [2.24, 2.45) is 0 Å². The second kappa shape index (κ2) is 10.8. The van der Waals surface area contributed by atoms with Gasteiger partial charge in [-0.15, -0.1) is 0 Å². The molecule has 33 heavy (non-hydrogen) atoms. The van der Waals surface area contributed by atoms with Crippen LogP contribution in [0.2, 0.25) is 0 Å². The second-order valence-electron chi connectivity index (χ2n) is 8.17. The summed E-state index contributed by atoms with van der Waals surface area (Å²) in [6.45, 7) is 5.31. The van der Waals surface area contributed by atoms with E-state index in [4.69, 9.17) is 4.74 Å². The van der Waals surface area contributed by atoms with E-state index in [1.807, 2.05) is 90.7 Å². The highest BCUT2D eigenvalue weighted by molar-refractivity contribution is 5.95. The molecule has 170 valence electrons. The number of piperazine rings is 1. The van der Waals surface area contributed by atoms with Crippen molar-refractivity contribution in [2.75, 3.05) is 43.0 Å². The number of aryl methyl sites for hydroxylation is 1. The number of rotatable bonds is 7. The van der Waals surface area contributed by atoms with Gasteiger partial charge in [-0.2, -0.15) is 0 Å². The molecule has 6 nitrogen and oxygen atoms in total. The van der Waals surface area contributed by atoms with Crippen LogP contribution in [0.15, 0.2) is 78.9 Å². The Morgan fingerprint density at radius 1 is 0.848 bits per heavy atom. The molecule has 0 aliphatic carbocycles. The molecule has 0 atom stereocenters. The number of nitrogens with zero attached hydrogens (tertiary/aromatic N) is 2. The van der Waals surface area contributed by atoms with Crippen LogP contribution in [0.25, 0.3) is 0 Å². The molecule has 3 aromatic rings. The zero-order chi connectivity index (χ0) is 23.0. The molecule has 0 aromatic heterocycles. The molecule has 0 bridgehead atoms. The van der Waals surface area contributed by atoms with Crippen LogP contribution in [-0.2, 0) is 16.1 Å². The minimum Gasteiger partial charge on any atom is -0.368 e. The van der Waals surface area contributed by atoms with Gasteiger partial charge in [0.15, 0.2) is 0 Å². The van der Waals surface area contributed by atoms with Crippen molar-refractivity contribution >= 4 is 23.2 Å². The Morgan fingerprint density at radius 2 is 1.52 bits per heavy atom. The van der Waals surface area contributed by atoms with Crippen LogP contribution in [0.3, 0.4) is 0 Å². The summed E-state index contributed by atoms with van der Waals surface area (Å²) in [4.78, 5) is 29.1. The van der Waals surface area contributed by atoms with Gasteiger partial charge in [-0.3, -0.25) is 9.59 Å². The first-order valence-electron chi connectivity index (χ1n) is 11.2. The van der Waals surface area contributed by atoms with Gasteiger partial charge < -0.3 is 19.9 Å². The molecule has 0 spiro atoms. The third kappa shape index (κ3) is 5.99. The first-order chi connectivity index (χ1) is 16.1. The van der Waals surface area contributed by atoms with E-state index in [0.717, 1.165) is 41.2 Å². The number of hydrogen-bond acceptors (Lipinski definition) is 4. The fourth-order valence-electron chi connectivity index (χ4n) is 3.94. The Morgan fingerprint density at radius 3 is 2.21 bits per heavy atom. The lowest BCUT2D eigenvalue weighted by Gasteiger charge is -2.36. The number of carbonyl (C=O) groups excluding carboxylic acids is 2. The summed E-state index contributed by atoms with van der Waals surface area (Å²) in [5.41, 5.74) is 4.64. The molecule has 1 aliphatic rings. The number of nitrogens with one attached hydrogen (secondary N) is 1. The van der Waals surface area contributed by atoms with Crippen LogP contribution in [0.5, 0.6) is 0 Å². The highest BCUT2D eigenvalue weighted by Gasteiger charge is 2.23. The molecular weight excluding hydrogens is 414 g/mol. The first-order valence-corrected chi connectivity index (χ1v) is 11.2. The number of benzene rings is 3. The molecule has 6 heteroatoms. The molecule has 2 amide bonds. The molecule has 1 fully saturated rings. The minimum atomic E-state index is -0.179. The van der Waals surface area contributed by atoms with E-state index >= 15 is 0 Å². The van der Waals surface area contributed by atoms with Crippen molar-refractivity contribution in [1.82, 2.24) is 4.90 Å². The number of ether oxygens (including phenoxy) is 1. The van der Waals surface area contributed by atoms with Crippen LogP contribution in [0.4, 0.5) is 11.4 Å². The van der Waals surface area contributed by atoms with Gasteiger partial charge in [0.1, 0.15) is 6.61 Å². The van der Waals surface area contributed by atoms with Crippen LogP contribution in [0.1, 0.15) is 21.5 Å². The second-order valence-corrected chi connectivity index (χ2v) is 8.17. The van der Waals surface area contributed by atoms with E-state index in [1.54, 1.807) is 0 Å². The van der Waals surface area contributed by atoms with E-state index in [0.29, 0.717) is 19.7 Å². The number of anilines is 2. The van der Waals surface area contributed by atoms with Gasteiger partial charge in [0, 0.05) is 43.1 Å². The highest BCUT2D eigenvalue weighted by atomic mass is 16.5. The van der Waals surface area contributed by atoms with Crippen molar-refractivity contribution in [3.63, 3.8) is 0 Å². The van der Waals surface area contributed by atoms with E-state index in [9.17, 15) is 9.59 Å². The Kier molecular flexibility index (Phi) is 7.37. The lowest BCUT2D eigenvalue weighted by atomic mass is 10.1. The van der Waals surface area contributed by atoms with Gasteiger partial charge in [-0.1, -0.05) is 48.5 Å². The third-order valence-electron chi connectivity index (χ3n) is 5.80. The molecule has 1 heterocycles. The Balaban J connectivity index is 1.23. The summed E-state index contributed by atoms with van der Waals surface area (Å²) in [5.74, 6) is -0.0812. The topological polar surface area (TPSA) is 61.9 Å². The lowest BCUT2D eigenvalue weighted by molar-refractivity contribution is -0.121. The quantitative estimate of drug-likeness (QED) is 0.597. The van der Waals surface area contributed by atoms with Gasteiger partial charge in [-0.05, 0) is 48.4 Å². The van der Waals surface area contributed by atoms with Gasteiger partial charge in [0.2, 0.25) is 5.91 Å². The van der Waals surface area contributed by atoms with E-state index < -0.39 is 0 Å². The average Bonchev–Trinajstić information content (AvgIpc) is 2.85. The van der Waals surface area contributed by atoms with Crippen molar-refractivity contribution in [1.29, 1.82) is 0 Å². The fraction of sp³-hybridized carbons (Fsp3) is 0.259. The number of amides is 2. The largest absolute Gasteiger partial charge is 0.368 e. The summed E-state index contributed by atoms with van der Waals surface area (Å²) in [5, 5.41) is 2.87. The van der Waals surface area contributed by atoms with Gasteiger partial charge in [-0.25, -0.2) is 0 Å².